The largest absolute Gasteiger partial charge is 0.369 e. The van der Waals surface area contributed by atoms with Crippen LogP contribution in [-0.2, 0) is 6.54 Å². The maximum atomic E-state index is 11.4. The van der Waals surface area contributed by atoms with Crippen LogP contribution in [-0.4, -0.2) is 14.5 Å². The van der Waals surface area contributed by atoms with Crippen molar-refractivity contribution in [1.29, 1.82) is 0 Å². The number of hydrogen-bond donors (Lipinski definition) is 2. The van der Waals surface area contributed by atoms with Gasteiger partial charge in [-0.15, -0.1) is 0 Å². The lowest BCUT2D eigenvalue weighted by Gasteiger charge is -1.98. The molecule has 0 unspecified atom stereocenters. The van der Waals surface area contributed by atoms with Gasteiger partial charge >= 0.3 is 0 Å². The quantitative estimate of drug-likeness (QED) is 0.660. The summed E-state index contributed by atoms with van der Waals surface area (Å²) in [5.41, 5.74) is 6.44. The maximum absolute atomic E-state index is 11.4. The minimum Gasteiger partial charge on any atom is -0.369 e. The van der Waals surface area contributed by atoms with Gasteiger partial charge in [-0.2, -0.15) is 0 Å². The Morgan fingerprint density at radius 3 is 3.15 bits per heavy atom. The number of nitrogens with two attached hydrogens (primary N) is 1. The van der Waals surface area contributed by atoms with Gasteiger partial charge in [0.1, 0.15) is 5.52 Å². The average Bonchev–Trinajstić information content (AvgIpc) is 2.47. The molecule has 0 saturated heterocycles. The molecule has 0 bridgehead atoms. The smallest absolute Gasteiger partial charge is 0.276 e. The lowest BCUT2D eigenvalue weighted by Crippen LogP contribution is -2.13. The van der Waals surface area contributed by atoms with E-state index in [4.69, 9.17) is 5.73 Å². The Hall–Kier alpha value is -1.78. The molecule has 0 atom stereocenters. The van der Waals surface area contributed by atoms with E-state index >= 15 is 0 Å². The van der Waals surface area contributed by atoms with Crippen LogP contribution in [0.4, 0.5) is 5.95 Å². The number of nitrogen functional groups attached to an aromatic ring is 1. The molecule has 2 aromatic rings. The minimum atomic E-state index is -0.186. The number of aromatic nitrogens is 3. The molecule has 2 rings (SSSR count). The fourth-order valence-corrected chi connectivity index (χ4v) is 1.39. The highest BCUT2D eigenvalue weighted by molar-refractivity contribution is 5.75. The van der Waals surface area contributed by atoms with Crippen molar-refractivity contribution in [1.82, 2.24) is 14.5 Å². The fraction of sp³-hybridized carbons (Fsp3) is 0.250. The zero-order valence-electron chi connectivity index (χ0n) is 7.24. The van der Waals surface area contributed by atoms with Crippen LogP contribution in [0.15, 0.2) is 17.1 Å². The standard InChI is InChI=1S/C8H10N4O/c1-2-12-4-3-5-6(12)7(13)11-8(9)10-5/h3-4H,2H2,1H3,(H3,9,10,11,13). The Morgan fingerprint density at radius 2 is 2.46 bits per heavy atom. The number of nitrogens with one attached hydrogen (secondary N) is 1. The molecule has 0 fully saturated rings. The minimum absolute atomic E-state index is 0.159. The highest BCUT2D eigenvalue weighted by Crippen LogP contribution is 2.08. The van der Waals surface area contributed by atoms with Gasteiger partial charge in [0.15, 0.2) is 0 Å². The molecule has 0 aliphatic rings. The van der Waals surface area contributed by atoms with E-state index in [1.165, 1.54) is 0 Å². The van der Waals surface area contributed by atoms with Gasteiger partial charge < -0.3 is 10.3 Å². The molecular weight excluding hydrogens is 168 g/mol. The average molecular weight is 178 g/mol. The van der Waals surface area contributed by atoms with E-state index in [1.807, 2.05) is 17.7 Å². The normalized spacial score (nSPS) is 10.8. The first kappa shape index (κ1) is 7.85. The van der Waals surface area contributed by atoms with Crippen LogP contribution in [0.2, 0.25) is 0 Å². The van der Waals surface area contributed by atoms with Crippen LogP contribution in [0, 0.1) is 0 Å². The third kappa shape index (κ3) is 1.09. The van der Waals surface area contributed by atoms with E-state index < -0.39 is 0 Å². The summed E-state index contributed by atoms with van der Waals surface area (Å²) in [6.45, 7) is 2.72. The van der Waals surface area contributed by atoms with Gasteiger partial charge in [-0.3, -0.25) is 9.78 Å². The topological polar surface area (TPSA) is 76.7 Å². The predicted octanol–water partition coefficient (Wildman–Crippen LogP) is 0.327. The van der Waals surface area contributed by atoms with Crippen LogP contribution in [0.25, 0.3) is 11.0 Å². The summed E-state index contributed by atoms with van der Waals surface area (Å²) >= 11 is 0. The van der Waals surface area contributed by atoms with Crippen molar-refractivity contribution in [2.75, 3.05) is 5.73 Å². The second-order valence-electron chi connectivity index (χ2n) is 2.79. The number of aromatic amines is 1. The number of fused-ring (bicyclic) bond motifs is 1. The number of hydrogen-bond acceptors (Lipinski definition) is 3. The van der Waals surface area contributed by atoms with Gasteiger partial charge in [0.25, 0.3) is 5.56 Å². The van der Waals surface area contributed by atoms with E-state index in [9.17, 15) is 4.79 Å². The summed E-state index contributed by atoms with van der Waals surface area (Å²) in [4.78, 5) is 17.9. The summed E-state index contributed by atoms with van der Waals surface area (Å²) in [7, 11) is 0. The van der Waals surface area contributed by atoms with Crippen LogP contribution in [0.5, 0.6) is 0 Å². The van der Waals surface area contributed by atoms with Crippen molar-refractivity contribution in [3.63, 3.8) is 0 Å². The van der Waals surface area contributed by atoms with Gasteiger partial charge in [-0.1, -0.05) is 0 Å². The molecule has 0 saturated carbocycles. The summed E-state index contributed by atoms with van der Waals surface area (Å²) in [6.07, 6.45) is 1.83. The van der Waals surface area contributed by atoms with Crippen molar-refractivity contribution in [3.8, 4) is 0 Å². The van der Waals surface area contributed by atoms with Crippen molar-refractivity contribution >= 4 is 17.0 Å². The molecule has 13 heavy (non-hydrogen) atoms. The molecule has 2 heterocycles. The van der Waals surface area contributed by atoms with Crippen LogP contribution < -0.4 is 11.3 Å². The van der Waals surface area contributed by atoms with E-state index in [1.54, 1.807) is 6.07 Å². The van der Waals surface area contributed by atoms with Crippen LogP contribution in [0.3, 0.4) is 0 Å². The zero-order valence-corrected chi connectivity index (χ0v) is 7.24. The Labute approximate surface area is 74.2 Å². The second kappa shape index (κ2) is 2.62. The van der Waals surface area contributed by atoms with Crippen LogP contribution >= 0.6 is 0 Å². The monoisotopic (exact) mass is 178 g/mol. The third-order valence-corrected chi connectivity index (χ3v) is 1.98. The summed E-state index contributed by atoms with van der Waals surface area (Å²) < 4.78 is 1.83. The molecule has 5 heteroatoms. The third-order valence-electron chi connectivity index (χ3n) is 1.98. The van der Waals surface area contributed by atoms with E-state index in [-0.39, 0.29) is 11.5 Å². The van der Waals surface area contributed by atoms with Gasteiger partial charge in [0.2, 0.25) is 5.95 Å². The maximum Gasteiger partial charge on any atom is 0.276 e. The zero-order chi connectivity index (χ0) is 9.42. The summed E-state index contributed by atoms with van der Waals surface area (Å²) in [6, 6.07) is 1.78. The number of aryl methyl sites for hydroxylation is 1. The molecule has 0 spiro atoms. The number of nitrogens with zero attached hydrogens (tertiary/aromatic N) is 2. The molecular formula is C8H10N4O. The molecule has 0 radical (unpaired) electrons. The predicted molar refractivity (Wildman–Crippen MR) is 50.4 cm³/mol. The molecule has 0 amide bonds. The highest BCUT2D eigenvalue weighted by atomic mass is 16.1. The molecule has 3 N–H and O–H groups in total. The highest BCUT2D eigenvalue weighted by Gasteiger charge is 2.05. The number of anilines is 1. The Morgan fingerprint density at radius 1 is 1.69 bits per heavy atom. The number of H-pyrrole nitrogens is 1. The molecule has 68 valence electrons. The van der Waals surface area contributed by atoms with Gasteiger partial charge in [-0.25, -0.2) is 4.98 Å². The van der Waals surface area contributed by atoms with E-state index in [2.05, 4.69) is 9.97 Å². The lowest BCUT2D eigenvalue weighted by molar-refractivity contribution is 0.792. The Kier molecular flexibility index (Phi) is 1.58. The Balaban J connectivity index is 2.90. The molecule has 0 aliphatic heterocycles. The van der Waals surface area contributed by atoms with Gasteiger partial charge in [0, 0.05) is 12.7 Å². The lowest BCUT2D eigenvalue weighted by atomic mass is 10.4. The first-order valence-electron chi connectivity index (χ1n) is 4.07. The molecule has 2 aromatic heterocycles. The molecule has 0 aliphatic carbocycles. The van der Waals surface area contributed by atoms with Crippen molar-refractivity contribution in [3.05, 3.63) is 22.6 Å². The van der Waals surface area contributed by atoms with E-state index in [0.29, 0.717) is 11.0 Å². The van der Waals surface area contributed by atoms with Crippen molar-refractivity contribution < 1.29 is 0 Å². The molecule has 5 nitrogen and oxygen atoms in total. The molecule has 0 aromatic carbocycles. The first-order chi connectivity index (χ1) is 6.22. The Bertz CT molecular complexity index is 496. The van der Waals surface area contributed by atoms with Gasteiger partial charge in [-0.05, 0) is 13.0 Å². The van der Waals surface area contributed by atoms with Crippen molar-refractivity contribution in [2.45, 2.75) is 13.5 Å². The SMILES string of the molecule is CCn1ccc2nc(N)[nH]c(=O)c21. The first-order valence-corrected chi connectivity index (χ1v) is 4.07. The summed E-state index contributed by atoms with van der Waals surface area (Å²) in [5.74, 6) is 0.159. The second-order valence-corrected chi connectivity index (χ2v) is 2.79. The van der Waals surface area contributed by atoms with Gasteiger partial charge in [0.05, 0.1) is 5.52 Å². The summed E-state index contributed by atoms with van der Waals surface area (Å²) in [5, 5.41) is 0. The fourth-order valence-electron chi connectivity index (χ4n) is 1.39. The van der Waals surface area contributed by atoms with Crippen molar-refractivity contribution in [2.24, 2.45) is 0 Å². The number of rotatable bonds is 1. The van der Waals surface area contributed by atoms with Crippen LogP contribution in [0.1, 0.15) is 6.92 Å². The van der Waals surface area contributed by atoms with E-state index in [0.717, 1.165) is 6.54 Å².